The molecule has 0 saturated carbocycles. The van der Waals surface area contributed by atoms with E-state index < -0.39 is 0 Å². The maximum Gasteiger partial charge on any atom is 0.196 e. The number of aryl methyl sites for hydroxylation is 2. The second kappa shape index (κ2) is 3.08. The van der Waals surface area contributed by atoms with Crippen molar-refractivity contribution in [1.82, 2.24) is 0 Å². The van der Waals surface area contributed by atoms with E-state index in [0.717, 1.165) is 19.2 Å². The van der Waals surface area contributed by atoms with Gasteiger partial charge in [0.25, 0.3) is 0 Å². The van der Waals surface area contributed by atoms with E-state index >= 15 is 0 Å². The van der Waals surface area contributed by atoms with E-state index in [-0.39, 0.29) is 10.9 Å². The lowest BCUT2D eigenvalue weighted by Gasteiger charge is -1.76. The highest BCUT2D eigenvalue weighted by molar-refractivity contribution is 7.20. The van der Waals surface area contributed by atoms with Crippen LogP contribution >= 0.6 is 22.7 Å². The summed E-state index contributed by atoms with van der Waals surface area (Å²) in [5, 5.41) is 2.73. The van der Waals surface area contributed by atoms with Crippen LogP contribution in [0.15, 0.2) is 21.7 Å². The molecule has 2 nitrogen and oxygen atoms in total. The first-order valence-corrected chi connectivity index (χ1v) is 7.26. The summed E-state index contributed by atoms with van der Waals surface area (Å²) in [5.41, 5.74) is 0.0524. The van der Waals surface area contributed by atoms with Crippen LogP contribution in [0, 0.1) is 24.3 Å². The van der Waals surface area contributed by atoms with Crippen molar-refractivity contribution in [3.63, 3.8) is 0 Å². The van der Waals surface area contributed by atoms with Crippen LogP contribution in [0.4, 0.5) is 0 Å². The summed E-state index contributed by atoms with van der Waals surface area (Å²) in [6.45, 7) is 3.94. The van der Waals surface area contributed by atoms with Gasteiger partial charge in [0, 0.05) is 20.5 Å². The van der Waals surface area contributed by atoms with E-state index in [2.05, 4.69) is 0 Å². The smallest absolute Gasteiger partial charge is 0.196 e. The Balaban J connectivity index is 2.52. The van der Waals surface area contributed by atoms with Gasteiger partial charge in [-0.25, -0.2) is 0 Å². The highest BCUT2D eigenvalue weighted by Gasteiger charge is 2.19. The van der Waals surface area contributed by atoms with Crippen LogP contribution in [0.1, 0.15) is 9.75 Å². The Hall–Kier alpha value is -1.52. The van der Waals surface area contributed by atoms with Gasteiger partial charge < -0.3 is 0 Å². The summed E-state index contributed by atoms with van der Waals surface area (Å²) in [5.74, 6) is 0. The van der Waals surface area contributed by atoms with Crippen LogP contribution < -0.4 is 10.9 Å². The topological polar surface area (TPSA) is 34.1 Å². The second-order valence-electron chi connectivity index (χ2n) is 4.61. The molecule has 2 heterocycles. The van der Waals surface area contributed by atoms with Gasteiger partial charge in [0.05, 0.1) is 19.8 Å². The second-order valence-corrected chi connectivity index (χ2v) is 7.12. The molecular formula is C14H8O2S2. The van der Waals surface area contributed by atoms with Gasteiger partial charge in [-0.2, -0.15) is 0 Å². The lowest BCUT2D eigenvalue weighted by atomic mass is 10.3. The largest absolute Gasteiger partial charge is 0.288 e. The van der Waals surface area contributed by atoms with Gasteiger partial charge in [-0.1, -0.05) is 0 Å². The number of rotatable bonds is 0. The van der Waals surface area contributed by atoms with Crippen molar-refractivity contribution >= 4 is 42.8 Å². The van der Waals surface area contributed by atoms with Crippen molar-refractivity contribution in [2.45, 2.75) is 13.8 Å². The first kappa shape index (κ1) is 10.4. The maximum atomic E-state index is 12.4. The predicted octanol–water partition coefficient (Wildman–Crippen LogP) is 3.05. The fourth-order valence-corrected chi connectivity index (χ4v) is 4.78. The molecule has 0 saturated heterocycles. The summed E-state index contributed by atoms with van der Waals surface area (Å²) in [6, 6.07) is 3.79. The van der Waals surface area contributed by atoms with Gasteiger partial charge in [-0.05, 0) is 26.0 Å². The third-order valence-electron chi connectivity index (χ3n) is 3.36. The highest BCUT2D eigenvalue weighted by Crippen LogP contribution is 2.30. The Morgan fingerprint density at radius 3 is 1.56 bits per heavy atom. The van der Waals surface area contributed by atoms with Gasteiger partial charge in [0.2, 0.25) is 0 Å². The van der Waals surface area contributed by atoms with Gasteiger partial charge in [-0.3, -0.25) is 9.59 Å². The van der Waals surface area contributed by atoms with Crippen molar-refractivity contribution in [3.8, 4) is 0 Å². The Labute approximate surface area is 109 Å². The molecule has 0 radical (unpaired) electrons. The molecule has 0 bridgehead atoms. The van der Waals surface area contributed by atoms with Gasteiger partial charge in [0.1, 0.15) is 0 Å². The number of fused-ring (bicyclic) bond motifs is 4. The van der Waals surface area contributed by atoms with Crippen LogP contribution in [-0.4, -0.2) is 0 Å². The normalized spacial score (nSPS) is 12.3. The molecule has 4 rings (SSSR count). The molecule has 2 aliphatic rings. The first-order chi connectivity index (χ1) is 8.58. The van der Waals surface area contributed by atoms with Crippen LogP contribution in [0.3, 0.4) is 0 Å². The predicted molar refractivity (Wildman–Crippen MR) is 76.9 cm³/mol. The Morgan fingerprint density at radius 2 is 1.17 bits per heavy atom. The number of hydrogen-bond donors (Lipinski definition) is 0. The van der Waals surface area contributed by atoms with E-state index in [4.69, 9.17) is 0 Å². The molecule has 0 aromatic carbocycles. The Morgan fingerprint density at radius 1 is 0.778 bits per heavy atom. The van der Waals surface area contributed by atoms with Gasteiger partial charge >= 0.3 is 0 Å². The Kier molecular flexibility index (Phi) is 1.78. The minimum atomic E-state index is 0.0262. The zero-order valence-electron chi connectivity index (χ0n) is 9.79. The average molecular weight is 272 g/mol. The molecule has 88 valence electrons. The van der Waals surface area contributed by atoms with E-state index in [1.165, 1.54) is 0 Å². The van der Waals surface area contributed by atoms with Crippen molar-refractivity contribution < 1.29 is 0 Å². The zero-order valence-corrected chi connectivity index (χ0v) is 11.4. The molecule has 0 N–H and O–H groups in total. The van der Waals surface area contributed by atoms with Crippen molar-refractivity contribution in [1.29, 1.82) is 0 Å². The lowest BCUT2D eigenvalue weighted by Crippen LogP contribution is -1.95. The van der Waals surface area contributed by atoms with Gasteiger partial charge in [-0.15, -0.1) is 22.7 Å². The molecule has 0 unspecified atom stereocenters. The summed E-state index contributed by atoms with van der Waals surface area (Å²) in [4.78, 5) is 27.0. The fraction of sp³-hybridized carbons (Fsp3) is 0.143. The number of thiophene rings is 2. The molecule has 18 heavy (non-hydrogen) atoms. The first-order valence-electron chi connectivity index (χ1n) is 5.63. The molecule has 0 spiro atoms. The number of hydrogen-bond acceptors (Lipinski definition) is 4. The van der Waals surface area contributed by atoms with Crippen LogP contribution in [0.25, 0.3) is 20.2 Å². The van der Waals surface area contributed by atoms with Crippen LogP contribution in [-0.2, 0) is 0 Å². The van der Waals surface area contributed by atoms with Crippen LogP contribution in [0.5, 0.6) is 0 Å². The van der Waals surface area contributed by atoms with Crippen LogP contribution in [0.2, 0.25) is 0 Å². The fourth-order valence-electron chi connectivity index (χ4n) is 2.67. The third-order valence-corrected chi connectivity index (χ3v) is 5.49. The minimum Gasteiger partial charge on any atom is -0.288 e. The SMILES string of the molecule is Cc1cc2c(=O)c3c4sc(C)cc4c(=O)c=3c2s1. The average Bonchev–Trinajstić information content (AvgIpc) is 2.96. The molecular weight excluding hydrogens is 264 g/mol. The summed E-state index contributed by atoms with van der Waals surface area (Å²) >= 11 is 3.09. The molecule has 0 aliphatic heterocycles. The van der Waals surface area contributed by atoms with Crippen molar-refractivity contribution in [2.75, 3.05) is 0 Å². The van der Waals surface area contributed by atoms with Crippen molar-refractivity contribution in [3.05, 3.63) is 52.8 Å². The Bertz CT molecular complexity index is 984. The molecule has 2 aromatic heterocycles. The van der Waals surface area contributed by atoms with Crippen molar-refractivity contribution in [2.24, 2.45) is 0 Å². The molecule has 0 amide bonds. The summed E-state index contributed by atoms with van der Waals surface area (Å²) in [6.07, 6.45) is 0. The summed E-state index contributed by atoms with van der Waals surface area (Å²) < 4.78 is 1.75. The van der Waals surface area contributed by atoms with Gasteiger partial charge in [0.15, 0.2) is 10.9 Å². The highest BCUT2D eigenvalue weighted by atomic mass is 32.1. The van der Waals surface area contributed by atoms with E-state index in [1.807, 2.05) is 26.0 Å². The van der Waals surface area contributed by atoms with E-state index in [0.29, 0.717) is 21.2 Å². The minimum absolute atomic E-state index is 0.0262. The zero-order chi connectivity index (χ0) is 12.6. The maximum absolute atomic E-state index is 12.4. The standard InChI is InChI=1S/C14H8O2S2/c1-5-3-7-11(15)10-9(13(7)17-5)12(16)8-4-6(2)18-14(8)10/h3-4H,1-2H3. The molecule has 0 atom stereocenters. The quantitative estimate of drug-likeness (QED) is 0.493. The molecule has 2 aliphatic carbocycles. The monoisotopic (exact) mass is 272 g/mol. The molecule has 2 aromatic rings. The van der Waals surface area contributed by atoms with E-state index in [9.17, 15) is 9.59 Å². The molecule has 0 fully saturated rings. The lowest BCUT2D eigenvalue weighted by molar-refractivity contribution is 1.60. The molecule has 4 heteroatoms. The third kappa shape index (κ3) is 1.03. The van der Waals surface area contributed by atoms with E-state index in [1.54, 1.807) is 22.7 Å². The summed E-state index contributed by atoms with van der Waals surface area (Å²) in [7, 11) is 0.